The van der Waals surface area contributed by atoms with E-state index < -0.39 is 0 Å². The van der Waals surface area contributed by atoms with Gasteiger partial charge in [-0.3, -0.25) is 9.48 Å². The van der Waals surface area contributed by atoms with Crippen LogP contribution in [0.5, 0.6) is 0 Å². The van der Waals surface area contributed by atoms with E-state index in [1.54, 1.807) is 4.68 Å². The number of fused-ring (bicyclic) bond motifs is 1. The van der Waals surface area contributed by atoms with Gasteiger partial charge in [-0.05, 0) is 50.5 Å². The van der Waals surface area contributed by atoms with E-state index in [0.29, 0.717) is 0 Å². The fraction of sp³-hybridized carbons (Fsp3) is 0.375. The molecule has 126 valence electrons. The topological polar surface area (TPSA) is 64.2 Å². The summed E-state index contributed by atoms with van der Waals surface area (Å²) in [6.07, 6.45) is 1.88. The SMILES string of the molecule is Cc1cc(C)n(CC(=O)N2CCCc3c(N)cccc32)n1.Cl.Cl. The van der Waals surface area contributed by atoms with Gasteiger partial charge in [-0.15, -0.1) is 24.8 Å². The second-order valence-corrected chi connectivity index (χ2v) is 5.58. The first kappa shape index (κ1) is 19.3. The summed E-state index contributed by atoms with van der Waals surface area (Å²) < 4.78 is 1.76. The van der Waals surface area contributed by atoms with Gasteiger partial charge in [0.25, 0.3) is 0 Å². The first-order chi connectivity index (χ1) is 10.1. The lowest BCUT2D eigenvalue weighted by Crippen LogP contribution is -2.38. The van der Waals surface area contributed by atoms with Gasteiger partial charge in [-0.1, -0.05) is 6.07 Å². The number of aryl methyl sites for hydroxylation is 2. The number of carbonyl (C=O) groups excluding carboxylic acids is 1. The van der Waals surface area contributed by atoms with Crippen molar-refractivity contribution < 1.29 is 4.79 Å². The molecule has 1 aromatic carbocycles. The zero-order valence-corrected chi connectivity index (χ0v) is 14.9. The van der Waals surface area contributed by atoms with E-state index in [-0.39, 0.29) is 37.3 Å². The molecule has 3 rings (SSSR count). The number of nitrogens with zero attached hydrogens (tertiary/aromatic N) is 3. The van der Waals surface area contributed by atoms with Crippen molar-refractivity contribution in [1.29, 1.82) is 0 Å². The molecule has 0 saturated carbocycles. The number of anilines is 2. The van der Waals surface area contributed by atoms with Crippen LogP contribution in [0.3, 0.4) is 0 Å². The van der Waals surface area contributed by atoms with Gasteiger partial charge in [0.2, 0.25) is 5.91 Å². The maximum atomic E-state index is 12.6. The van der Waals surface area contributed by atoms with Crippen molar-refractivity contribution in [1.82, 2.24) is 9.78 Å². The van der Waals surface area contributed by atoms with Crippen LogP contribution in [0, 0.1) is 13.8 Å². The van der Waals surface area contributed by atoms with E-state index in [2.05, 4.69) is 5.10 Å². The number of hydrogen-bond donors (Lipinski definition) is 1. The van der Waals surface area contributed by atoms with E-state index in [1.807, 2.05) is 43.0 Å². The summed E-state index contributed by atoms with van der Waals surface area (Å²) in [5.41, 5.74) is 10.8. The number of halogens is 2. The number of amides is 1. The second-order valence-electron chi connectivity index (χ2n) is 5.58. The number of benzene rings is 1. The molecule has 2 N–H and O–H groups in total. The second kappa shape index (κ2) is 7.70. The van der Waals surface area contributed by atoms with Gasteiger partial charge in [0.15, 0.2) is 0 Å². The van der Waals surface area contributed by atoms with E-state index in [4.69, 9.17) is 5.73 Å². The van der Waals surface area contributed by atoms with Crippen LogP contribution < -0.4 is 10.6 Å². The van der Waals surface area contributed by atoms with Crippen molar-refractivity contribution >= 4 is 42.1 Å². The third-order valence-corrected chi connectivity index (χ3v) is 3.98. The van der Waals surface area contributed by atoms with E-state index in [1.165, 1.54) is 0 Å². The summed E-state index contributed by atoms with van der Waals surface area (Å²) in [4.78, 5) is 14.5. The highest BCUT2D eigenvalue weighted by Gasteiger charge is 2.24. The summed E-state index contributed by atoms with van der Waals surface area (Å²) in [7, 11) is 0. The molecule has 23 heavy (non-hydrogen) atoms. The fourth-order valence-corrected chi connectivity index (χ4v) is 2.96. The molecule has 0 fully saturated rings. The highest BCUT2D eigenvalue weighted by Crippen LogP contribution is 2.31. The minimum Gasteiger partial charge on any atom is -0.398 e. The molecule has 0 saturated heterocycles. The minimum atomic E-state index is 0. The highest BCUT2D eigenvalue weighted by atomic mass is 35.5. The largest absolute Gasteiger partial charge is 0.398 e. The van der Waals surface area contributed by atoms with Crippen LogP contribution >= 0.6 is 24.8 Å². The molecular formula is C16H22Cl2N4O. The molecule has 0 atom stereocenters. The normalized spacial score (nSPS) is 12.9. The Labute approximate surface area is 148 Å². The van der Waals surface area contributed by atoms with Crippen molar-refractivity contribution in [3.8, 4) is 0 Å². The number of nitrogen functional groups attached to an aromatic ring is 1. The molecule has 1 aliphatic rings. The first-order valence-electron chi connectivity index (χ1n) is 7.25. The lowest BCUT2D eigenvalue weighted by molar-refractivity contribution is -0.119. The molecule has 7 heteroatoms. The molecule has 1 aliphatic heterocycles. The Morgan fingerprint density at radius 1 is 1.30 bits per heavy atom. The van der Waals surface area contributed by atoms with Gasteiger partial charge in [-0.2, -0.15) is 5.10 Å². The van der Waals surface area contributed by atoms with E-state index in [9.17, 15) is 4.79 Å². The molecule has 0 unspecified atom stereocenters. The Hall–Kier alpha value is -1.72. The molecule has 5 nitrogen and oxygen atoms in total. The number of aromatic nitrogens is 2. The first-order valence-corrected chi connectivity index (χ1v) is 7.25. The predicted molar refractivity (Wildman–Crippen MR) is 97.7 cm³/mol. The van der Waals surface area contributed by atoms with Crippen LogP contribution in [-0.4, -0.2) is 22.2 Å². The summed E-state index contributed by atoms with van der Waals surface area (Å²) in [6, 6.07) is 7.76. The number of rotatable bonds is 2. The van der Waals surface area contributed by atoms with Crippen molar-refractivity contribution in [2.75, 3.05) is 17.2 Å². The van der Waals surface area contributed by atoms with Gasteiger partial charge in [0.1, 0.15) is 6.54 Å². The molecule has 2 heterocycles. The van der Waals surface area contributed by atoms with Crippen LogP contribution in [0.2, 0.25) is 0 Å². The van der Waals surface area contributed by atoms with Crippen LogP contribution in [0.25, 0.3) is 0 Å². The molecule has 1 aromatic heterocycles. The minimum absolute atomic E-state index is 0. The van der Waals surface area contributed by atoms with Crippen molar-refractivity contribution in [3.63, 3.8) is 0 Å². The summed E-state index contributed by atoms with van der Waals surface area (Å²) in [6.45, 7) is 4.92. The third-order valence-electron chi connectivity index (χ3n) is 3.98. The van der Waals surface area contributed by atoms with Gasteiger partial charge in [0, 0.05) is 23.6 Å². The average Bonchev–Trinajstić information content (AvgIpc) is 2.76. The molecule has 2 aromatic rings. The lowest BCUT2D eigenvalue weighted by Gasteiger charge is -2.30. The Morgan fingerprint density at radius 2 is 2.04 bits per heavy atom. The lowest BCUT2D eigenvalue weighted by atomic mass is 10.00. The summed E-state index contributed by atoms with van der Waals surface area (Å²) >= 11 is 0. The monoisotopic (exact) mass is 356 g/mol. The van der Waals surface area contributed by atoms with Crippen LogP contribution in [-0.2, 0) is 17.8 Å². The van der Waals surface area contributed by atoms with E-state index in [0.717, 1.165) is 47.7 Å². The van der Waals surface area contributed by atoms with Crippen LogP contribution in [0.1, 0.15) is 23.4 Å². The Kier molecular flexibility index (Phi) is 6.47. The zero-order valence-electron chi connectivity index (χ0n) is 13.3. The Bertz CT molecular complexity index is 699. The zero-order chi connectivity index (χ0) is 15.0. The molecular weight excluding hydrogens is 335 g/mol. The van der Waals surface area contributed by atoms with Crippen LogP contribution in [0.15, 0.2) is 24.3 Å². The maximum absolute atomic E-state index is 12.6. The molecule has 0 spiro atoms. The summed E-state index contributed by atoms with van der Waals surface area (Å²) in [5, 5.41) is 4.36. The Balaban J connectivity index is 0.00000132. The van der Waals surface area contributed by atoms with Gasteiger partial charge < -0.3 is 10.6 Å². The van der Waals surface area contributed by atoms with Crippen LogP contribution in [0.4, 0.5) is 11.4 Å². The van der Waals surface area contributed by atoms with E-state index >= 15 is 0 Å². The van der Waals surface area contributed by atoms with Crippen molar-refractivity contribution in [2.24, 2.45) is 0 Å². The summed E-state index contributed by atoms with van der Waals surface area (Å²) in [5.74, 6) is 0.0627. The quantitative estimate of drug-likeness (QED) is 0.841. The van der Waals surface area contributed by atoms with Crippen molar-refractivity contribution in [2.45, 2.75) is 33.2 Å². The average molecular weight is 357 g/mol. The predicted octanol–water partition coefficient (Wildman–Crippen LogP) is 2.91. The fourth-order valence-electron chi connectivity index (χ4n) is 2.96. The Morgan fingerprint density at radius 3 is 2.70 bits per heavy atom. The van der Waals surface area contributed by atoms with Gasteiger partial charge >= 0.3 is 0 Å². The molecule has 0 bridgehead atoms. The standard InChI is InChI=1S/C16H20N4O.2ClH/c1-11-9-12(2)20(18-11)10-16(21)19-8-4-5-13-14(17)6-3-7-15(13)19;;/h3,6-7,9H,4-5,8,10,17H2,1-2H3;2*1H. The maximum Gasteiger partial charge on any atom is 0.248 e. The molecule has 0 aliphatic carbocycles. The highest BCUT2D eigenvalue weighted by molar-refractivity contribution is 5.95. The number of nitrogens with two attached hydrogens (primary N) is 1. The molecule has 0 radical (unpaired) electrons. The third kappa shape index (κ3) is 3.79. The molecule has 1 amide bonds. The number of carbonyl (C=O) groups is 1. The smallest absolute Gasteiger partial charge is 0.248 e. The van der Waals surface area contributed by atoms with Crippen molar-refractivity contribution in [3.05, 3.63) is 41.2 Å². The van der Waals surface area contributed by atoms with Gasteiger partial charge in [-0.25, -0.2) is 0 Å². The number of hydrogen-bond acceptors (Lipinski definition) is 3. The van der Waals surface area contributed by atoms with Gasteiger partial charge in [0.05, 0.1) is 5.69 Å².